The van der Waals surface area contributed by atoms with E-state index in [1.165, 1.54) is 12.0 Å². The Hall–Kier alpha value is -2.30. The first-order chi connectivity index (χ1) is 8.67. The van der Waals surface area contributed by atoms with Crippen LogP contribution in [-0.4, -0.2) is 30.5 Å². The average Bonchev–Trinajstić information content (AvgIpc) is 2.81. The maximum atomic E-state index is 11.4. The number of para-hydroxylation sites is 1. The normalized spacial score (nSPS) is 12.1. The van der Waals surface area contributed by atoms with Crippen molar-refractivity contribution in [2.75, 3.05) is 12.0 Å². The molecule has 1 unspecified atom stereocenters. The van der Waals surface area contributed by atoms with Crippen molar-refractivity contribution in [3.8, 4) is 0 Å². The largest absolute Gasteiger partial charge is 0.467 e. The zero-order valence-electron chi connectivity index (χ0n) is 10.1. The number of hydrogen-bond donors (Lipinski definition) is 1. The standard InChI is InChI=1S/C13H13N2O3/c1-9(13(17)18-2)15(8-16)12-7-10-5-3-4-6-11(10)14-12/h3-7,9,14H,1-2H3. The van der Waals surface area contributed by atoms with Gasteiger partial charge in [-0.2, -0.15) is 0 Å². The molecule has 1 amide bonds. The Bertz CT molecular complexity index is 543. The summed E-state index contributed by atoms with van der Waals surface area (Å²) in [6, 6.07) is 8.67. The van der Waals surface area contributed by atoms with E-state index in [1.54, 1.807) is 19.4 Å². The highest BCUT2D eigenvalue weighted by Gasteiger charge is 2.24. The number of rotatable bonds is 4. The second kappa shape index (κ2) is 4.91. The SMILES string of the molecule is COC(=O)C(C)N([C]=O)c1cc2ccccc2[nH]1. The third-order valence-electron chi connectivity index (χ3n) is 2.80. The zero-order valence-corrected chi connectivity index (χ0v) is 10.1. The van der Waals surface area contributed by atoms with E-state index in [0.717, 1.165) is 10.9 Å². The first kappa shape index (κ1) is 12.2. The van der Waals surface area contributed by atoms with Crippen molar-refractivity contribution in [3.05, 3.63) is 30.3 Å². The molecule has 5 heteroatoms. The van der Waals surface area contributed by atoms with Crippen LogP contribution in [0.25, 0.3) is 10.9 Å². The van der Waals surface area contributed by atoms with E-state index in [0.29, 0.717) is 5.82 Å². The summed E-state index contributed by atoms with van der Waals surface area (Å²) in [5, 5.41) is 0.963. The van der Waals surface area contributed by atoms with Crippen LogP contribution < -0.4 is 4.90 Å². The Kier molecular flexibility index (Phi) is 3.32. The number of aromatic amines is 1. The summed E-state index contributed by atoms with van der Waals surface area (Å²) in [4.78, 5) is 26.7. The highest BCUT2D eigenvalue weighted by Crippen LogP contribution is 2.22. The molecule has 1 aromatic heterocycles. The Morgan fingerprint density at radius 2 is 2.17 bits per heavy atom. The van der Waals surface area contributed by atoms with Gasteiger partial charge in [-0.1, -0.05) is 18.2 Å². The molecule has 0 aliphatic heterocycles. The van der Waals surface area contributed by atoms with Crippen LogP contribution in [0, 0.1) is 0 Å². The molecule has 1 N–H and O–H groups in total. The van der Waals surface area contributed by atoms with Crippen LogP contribution in [-0.2, 0) is 14.3 Å². The lowest BCUT2D eigenvalue weighted by Crippen LogP contribution is -2.39. The highest BCUT2D eigenvalue weighted by atomic mass is 16.5. The van der Waals surface area contributed by atoms with Crippen molar-refractivity contribution in [1.29, 1.82) is 0 Å². The lowest BCUT2D eigenvalue weighted by molar-refractivity contribution is -0.141. The molecule has 5 nitrogen and oxygen atoms in total. The van der Waals surface area contributed by atoms with Gasteiger partial charge in [0.05, 0.1) is 7.11 Å². The van der Waals surface area contributed by atoms with Crippen molar-refractivity contribution >= 4 is 29.1 Å². The smallest absolute Gasteiger partial charge is 0.328 e. The molecule has 2 rings (SSSR count). The van der Waals surface area contributed by atoms with Gasteiger partial charge < -0.3 is 9.72 Å². The summed E-state index contributed by atoms with van der Waals surface area (Å²) in [6.07, 6.45) is 1.75. The van der Waals surface area contributed by atoms with Gasteiger partial charge in [0.15, 0.2) is 0 Å². The predicted molar refractivity (Wildman–Crippen MR) is 67.9 cm³/mol. The van der Waals surface area contributed by atoms with E-state index in [4.69, 9.17) is 0 Å². The number of benzene rings is 1. The number of esters is 1. The van der Waals surface area contributed by atoms with Crippen LogP contribution in [0.2, 0.25) is 0 Å². The van der Waals surface area contributed by atoms with Crippen molar-refractivity contribution in [2.24, 2.45) is 0 Å². The molecule has 2 aromatic rings. The number of amides is 1. The molecule has 0 aliphatic carbocycles. The number of nitrogens with one attached hydrogen (secondary N) is 1. The van der Waals surface area contributed by atoms with Crippen molar-refractivity contribution < 1.29 is 14.3 Å². The van der Waals surface area contributed by atoms with Gasteiger partial charge in [-0.15, -0.1) is 0 Å². The monoisotopic (exact) mass is 245 g/mol. The van der Waals surface area contributed by atoms with Gasteiger partial charge >= 0.3 is 12.4 Å². The molecule has 1 atom stereocenters. The third kappa shape index (κ3) is 2.07. The summed E-state index contributed by atoms with van der Waals surface area (Å²) in [6.45, 7) is 1.59. The predicted octanol–water partition coefficient (Wildman–Crippen LogP) is 1.60. The Labute approximate surface area is 104 Å². The Balaban J connectivity index is 2.38. The Morgan fingerprint density at radius 1 is 1.44 bits per heavy atom. The summed E-state index contributed by atoms with van der Waals surface area (Å²) >= 11 is 0. The van der Waals surface area contributed by atoms with E-state index in [9.17, 15) is 9.59 Å². The third-order valence-corrected chi connectivity index (χ3v) is 2.80. The number of fused-ring (bicyclic) bond motifs is 1. The lowest BCUT2D eigenvalue weighted by Gasteiger charge is -2.20. The van der Waals surface area contributed by atoms with E-state index in [1.807, 2.05) is 24.3 Å². The Morgan fingerprint density at radius 3 is 2.78 bits per heavy atom. The molecule has 0 saturated carbocycles. The average molecular weight is 245 g/mol. The fraction of sp³-hybridized carbons (Fsp3) is 0.231. The zero-order chi connectivity index (χ0) is 13.1. The van der Waals surface area contributed by atoms with Crippen molar-refractivity contribution in [2.45, 2.75) is 13.0 Å². The quantitative estimate of drug-likeness (QED) is 0.657. The summed E-state index contributed by atoms with van der Waals surface area (Å²) in [7, 11) is 1.28. The number of carbonyl (C=O) groups is 1. The summed E-state index contributed by atoms with van der Waals surface area (Å²) < 4.78 is 4.62. The van der Waals surface area contributed by atoms with Crippen molar-refractivity contribution in [3.63, 3.8) is 0 Å². The number of ether oxygens (including phenoxy) is 1. The molecule has 0 fully saturated rings. The second-order valence-corrected chi connectivity index (χ2v) is 3.90. The maximum Gasteiger partial charge on any atom is 0.328 e. The van der Waals surface area contributed by atoms with Crippen LogP contribution >= 0.6 is 0 Å². The van der Waals surface area contributed by atoms with Gasteiger partial charge in [-0.3, -0.25) is 9.69 Å². The van der Waals surface area contributed by atoms with Gasteiger partial charge in [-0.05, 0) is 19.1 Å². The molecule has 1 radical (unpaired) electrons. The van der Waals surface area contributed by atoms with Crippen molar-refractivity contribution in [1.82, 2.24) is 4.98 Å². The van der Waals surface area contributed by atoms with Gasteiger partial charge in [0, 0.05) is 10.9 Å². The molecule has 0 spiro atoms. The van der Waals surface area contributed by atoms with Gasteiger partial charge in [0.2, 0.25) is 0 Å². The summed E-state index contributed by atoms with van der Waals surface area (Å²) in [5.41, 5.74) is 0.893. The minimum absolute atomic E-state index is 0.489. The topological polar surface area (TPSA) is 62.4 Å². The van der Waals surface area contributed by atoms with E-state index in [-0.39, 0.29) is 0 Å². The van der Waals surface area contributed by atoms with Gasteiger partial charge in [0.1, 0.15) is 11.9 Å². The number of anilines is 1. The fourth-order valence-corrected chi connectivity index (χ4v) is 1.80. The second-order valence-electron chi connectivity index (χ2n) is 3.90. The van der Waals surface area contributed by atoms with E-state index < -0.39 is 12.0 Å². The number of aromatic nitrogens is 1. The first-order valence-corrected chi connectivity index (χ1v) is 5.50. The minimum atomic E-state index is -0.722. The summed E-state index contributed by atoms with van der Waals surface area (Å²) in [5.74, 6) is 0.0288. The number of H-pyrrole nitrogens is 1. The fourth-order valence-electron chi connectivity index (χ4n) is 1.80. The van der Waals surface area contributed by atoms with Crippen LogP contribution in [0.3, 0.4) is 0 Å². The molecule has 0 bridgehead atoms. The molecule has 1 aromatic carbocycles. The molecule has 93 valence electrons. The minimum Gasteiger partial charge on any atom is -0.467 e. The molecular formula is C13H13N2O3. The van der Waals surface area contributed by atoms with Crippen LogP contribution in [0.1, 0.15) is 6.92 Å². The van der Waals surface area contributed by atoms with Crippen LogP contribution in [0.15, 0.2) is 30.3 Å². The lowest BCUT2D eigenvalue weighted by atomic mass is 10.2. The number of hydrogen-bond acceptors (Lipinski definition) is 3. The number of carbonyl (C=O) groups excluding carboxylic acids is 2. The van der Waals surface area contributed by atoms with Gasteiger partial charge in [0.25, 0.3) is 0 Å². The van der Waals surface area contributed by atoms with Crippen LogP contribution in [0.4, 0.5) is 5.82 Å². The molecule has 1 heterocycles. The number of nitrogens with zero attached hydrogens (tertiary/aromatic N) is 1. The van der Waals surface area contributed by atoms with E-state index >= 15 is 0 Å². The molecular weight excluding hydrogens is 232 g/mol. The first-order valence-electron chi connectivity index (χ1n) is 5.50. The molecule has 0 aliphatic rings. The highest BCUT2D eigenvalue weighted by molar-refractivity contribution is 5.92. The van der Waals surface area contributed by atoms with E-state index in [2.05, 4.69) is 9.72 Å². The van der Waals surface area contributed by atoms with Crippen LogP contribution in [0.5, 0.6) is 0 Å². The van der Waals surface area contributed by atoms with Gasteiger partial charge in [-0.25, -0.2) is 4.79 Å². The maximum absolute atomic E-state index is 11.4. The molecule has 0 saturated heterocycles. The molecule has 18 heavy (non-hydrogen) atoms. The number of methoxy groups -OCH3 is 1.